The summed E-state index contributed by atoms with van der Waals surface area (Å²) in [6, 6.07) is 4.15. The lowest BCUT2D eigenvalue weighted by Gasteiger charge is -2.07. The summed E-state index contributed by atoms with van der Waals surface area (Å²) in [7, 11) is 0. The van der Waals surface area contributed by atoms with Gasteiger partial charge in [-0.2, -0.15) is 0 Å². The minimum atomic E-state index is -2.55. The summed E-state index contributed by atoms with van der Waals surface area (Å²) in [4.78, 5) is 15.9. The fraction of sp³-hybridized carbons (Fsp3) is 0.333. The van der Waals surface area contributed by atoms with Crippen LogP contribution in [0.3, 0.4) is 0 Å². The predicted octanol–water partition coefficient (Wildman–Crippen LogP) is 1.82. The molecule has 0 aliphatic rings. The maximum Gasteiger partial charge on any atom is 0.264 e. The van der Waals surface area contributed by atoms with Crippen molar-refractivity contribution < 1.29 is 17.9 Å². The van der Waals surface area contributed by atoms with E-state index in [9.17, 15) is 18.0 Å². The van der Waals surface area contributed by atoms with Crippen LogP contribution in [-0.4, -0.2) is 29.2 Å². The molecule has 0 aliphatic carbocycles. The van der Waals surface area contributed by atoms with E-state index in [1.807, 2.05) is 0 Å². The zero-order chi connectivity index (χ0) is 13.8. The molecule has 0 saturated heterocycles. The molecule has 0 saturated carbocycles. The van der Waals surface area contributed by atoms with Gasteiger partial charge in [-0.15, -0.1) is 0 Å². The van der Waals surface area contributed by atoms with Gasteiger partial charge in [-0.3, -0.25) is 9.36 Å². The highest BCUT2D eigenvalue weighted by Crippen LogP contribution is 2.10. The molecule has 0 atom stereocenters. The molecule has 1 heterocycles. The van der Waals surface area contributed by atoms with E-state index in [0.29, 0.717) is 0 Å². The number of aromatic nitrogens is 2. The van der Waals surface area contributed by atoms with Gasteiger partial charge in [0.05, 0.1) is 25.0 Å². The van der Waals surface area contributed by atoms with E-state index >= 15 is 0 Å². The zero-order valence-corrected chi connectivity index (χ0v) is 9.85. The second kappa shape index (κ2) is 5.83. The summed E-state index contributed by atoms with van der Waals surface area (Å²) in [5, 5.41) is -0.112. The molecule has 2 rings (SSSR count). The van der Waals surface area contributed by atoms with Gasteiger partial charge < -0.3 is 4.74 Å². The molecule has 1 aromatic carbocycles. The van der Waals surface area contributed by atoms with Crippen LogP contribution in [0.2, 0.25) is 0 Å². The summed E-state index contributed by atoms with van der Waals surface area (Å²) in [6.45, 7) is -0.709. The van der Waals surface area contributed by atoms with E-state index in [2.05, 4.69) is 9.72 Å². The molecule has 7 heteroatoms. The molecule has 0 fully saturated rings. The molecule has 2 aromatic rings. The topological polar surface area (TPSA) is 44.1 Å². The Morgan fingerprint density at radius 2 is 2.16 bits per heavy atom. The molecule has 0 unspecified atom stereocenters. The van der Waals surface area contributed by atoms with Crippen molar-refractivity contribution in [3.8, 4) is 0 Å². The van der Waals surface area contributed by atoms with Crippen molar-refractivity contribution in [1.82, 2.24) is 9.55 Å². The molecule has 102 valence electrons. The van der Waals surface area contributed by atoms with Crippen molar-refractivity contribution in [2.45, 2.75) is 13.0 Å². The largest absolute Gasteiger partial charge is 0.374 e. The number of hydrogen-bond donors (Lipinski definition) is 0. The van der Waals surface area contributed by atoms with E-state index in [1.54, 1.807) is 0 Å². The van der Waals surface area contributed by atoms with Crippen molar-refractivity contribution in [2.75, 3.05) is 13.2 Å². The average Bonchev–Trinajstić information content (AvgIpc) is 2.36. The highest BCUT2D eigenvalue weighted by Gasteiger charge is 2.09. The van der Waals surface area contributed by atoms with E-state index in [-0.39, 0.29) is 24.1 Å². The van der Waals surface area contributed by atoms with Crippen molar-refractivity contribution in [2.24, 2.45) is 0 Å². The molecular weight excluding hydrogens is 261 g/mol. The first-order valence-corrected chi connectivity index (χ1v) is 5.59. The average molecular weight is 272 g/mol. The Labute approximate surface area is 106 Å². The number of benzene rings is 1. The van der Waals surface area contributed by atoms with E-state index in [0.717, 1.165) is 4.57 Å². The second-order valence-electron chi connectivity index (χ2n) is 3.84. The van der Waals surface area contributed by atoms with Gasteiger partial charge >= 0.3 is 0 Å². The van der Waals surface area contributed by atoms with Crippen LogP contribution in [0, 0.1) is 5.82 Å². The first-order chi connectivity index (χ1) is 9.09. The van der Waals surface area contributed by atoms with Crippen LogP contribution in [0.4, 0.5) is 13.2 Å². The molecule has 0 radical (unpaired) electrons. The quantitative estimate of drug-likeness (QED) is 0.780. The SMILES string of the molecule is O=c1c2c(F)cccc2ncn1CCOCC(F)F. The normalized spacial score (nSPS) is 11.4. The number of rotatable bonds is 5. The van der Waals surface area contributed by atoms with Crippen molar-refractivity contribution in [3.05, 3.63) is 40.7 Å². The Hall–Kier alpha value is -1.89. The molecule has 0 N–H and O–H groups in total. The summed E-state index contributed by atoms with van der Waals surface area (Å²) in [5.41, 5.74) is -0.293. The Bertz CT molecular complexity index is 628. The molecule has 0 amide bonds. The fourth-order valence-electron chi connectivity index (χ4n) is 1.65. The number of fused-ring (bicyclic) bond motifs is 1. The molecule has 0 spiro atoms. The summed E-state index contributed by atoms with van der Waals surface area (Å²) >= 11 is 0. The number of hydrogen-bond acceptors (Lipinski definition) is 3. The van der Waals surface area contributed by atoms with Gasteiger partial charge in [0.2, 0.25) is 0 Å². The van der Waals surface area contributed by atoms with Crippen molar-refractivity contribution >= 4 is 10.9 Å². The van der Waals surface area contributed by atoms with Gasteiger partial charge in [0.25, 0.3) is 12.0 Å². The number of alkyl halides is 2. The van der Waals surface area contributed by atoms with Crippen LogP contribution in [0.1, 0.15) is 0 Å². The van der Waals surface area contributed by atoms with Gasteiger partial charge in [-0.25, -0.2) is 18.2 Å². The van der Waals surface area contributed by atoms with Gasteiger partial charge in [-0.05, 0) is 12.1 Å². The minimum absolute atomic E-state index is 0.0445. The lowest BCUT2D eigenvalue weighted by Crippen LogP contribution is -2.24. The van der Waals surface area contributed by atoms with E-state index < -0.39 is 24.4 Å². The third-order valence-electron chi connectivity index (χ3n) is 2.52. The summed E-state index contributed by atoms with van der Waals surface area (Å²) < 4.78 is 43.0. The minimum Gasteiger partial charge on any atom is -0.374 e. The molecular formula is C12H11F3N2O2. The van der Waals surface area contributed by atoms with Crippen molar-refractivity contribution in [1.29, 1.82) is 0 Å². The first-order valence-electron chi connectivity index (χ1n) is 5.59. The van der Waals surface area contributed by atoms with E-state index in [4.69, 9.17) is 0 Å². The highest BCUT2D eigenvalue weighted by atomic mass is 19.3. The molecule has 0 bridgehead atoms. The number of nitrogens with zero attached hydrogens (tertiary/aromatic N) is 2. The van der Waals surface area contributed by atoms with Crippen LogP contribution in [0.5, 0.6) is 0 Å². The fourth-order valence-corrected chi connectivity index (χ4v) is 1.65. The lowest BCUT2D eigenvalue weighted by molar-refractivity contribution is 0.0145. The van der Waals surface area contributed by atoms with Crippen LogP contribution < -0.4 is 5.56 Å². The third kappa shape index (κ3) is 3.11. The van der Waals surface area contributed by atoms with Gasteiger partial charge in [-0.1, -0.05) is 6.07 Å². The first kappa shape index (κ1) is 13.5. The summed E-state index contributed by atoms with van der Waals surface area (Å²) in [5.74, 6) is -0.655. The lowest BCUT2D eigenvalue weighted by atomic mass is 10.2. The molecule has 0 aliphatic heterocycles. The van der Waals surface area contributed by atoms with Gasteiger partial charge in [0, 0.05) is 0 Å². The van der Waals surface area contributed by atoms with Crippen LogP contribution in [0.25, 0.3) is 10.9 Å². The predicted molar refractivity (Wildman–Crippen MR) is 62.8 cm³/mol. The highest BCUT2D eigenvalue weighted by molar-refractivity contribution is 5.77. The standard InChI is InChI=1S/C12H11F3N2O2/c13-8-2-1-3-9-11(8)12(18)17(7-16-9)4-5-19-6-10(14)15/h1-3,7,10H,4-6H2. The second-order valence-corrected chi connectivity index (χ2v) is 3.84. The van der Waals surface area contributed by atoms with Gasteiger partial charge in [0.1, 0.15) is 17.8 Å². The van der Waals surface area contributed by atoms with Crippen LogP contribution in [-0.2, 0) is 11.3 Å². The Balaban J connectivity index is 2.19. The maximum atomic E-state index is 13.5. The van der Waals surface area contributed by atoms with Gasteiger partial charge in [0.15, 0.2) is 0 Å². The Morgan fingerprint density at radius 3 is 2.89 bits per heavy atom. The molecule has 4 nitrogen and oxygen atoms in total. The third-order valence-corrected chi connectivity index (χ3v) is 2.52. The zero-order valence-electron chi connectivity index (χ0n) is 9.85. The Kier molecular flexibility index (Phi) is 4.16. The Morgan fingerprint density at radius 1 is 1.37 bits per heavy atom. The monoisotopic (exact) mass is 272 g/mol. The van der Waals surface area contributed by atoms with Crippen LogP contribution >= 0.6 is 0 Å². The van der Waals surface area contributed by atoms with E-state index in [1.165, 1.54) is 24.5 Å². The molecule has 1 aromatic heterocycles. The summed E-state index contributed by atoms with van der Waals surface area (Å²) in [6.07, 6.45) is -1.31. The number of halogens is 3. The van der Waals surface area contributed by atoms with Crippen molar-refractivity contribution in [3.63, 3.8) is 0 Å². The van der Waals surface area contributed by atoms with Crippen LogP contribution in [0.15, 0.2) is 29.3 Å². The molecule has 19 heavy (non-hydrogen) atoms. The smallest absolute Gasteiger partial charge is 0.264 e. The number of ether oxygens (including phenoxy) is 1. The maximum absolute atomic E-state index is 13.5.